The third-order valence-electron chi connectivity index (χ3n) is 5.26. The summed E-state index contributed by atoms with van der Waals surface area (Å²) in [6, 6.07) is 12.2. The smallest absolute Gasteiger partial charge is 0.309 e. The largest absolute Gasteiger partial charge is 0.332 e. The van der Waals surface area contributed by atoms with Gasteiger partial charge in [-0.05, 0) is 55.7 Å². The molecule has 3 amide bonds. The molecule has 30 heavy (non-hydrogen) atoms. The van der Waals surface area contributed by atoms with E-state index in [-0.39, 0.29) is 11.9 Å². The fraction of sp³-hybridized carbons (Fsp3) is 0.364. The Hall–Kier alpha value is -1.27. The number of urea groups is 1. The molecule has 0 radical (unpaired) electrons. The zero-order valence-electron chi connectivity index (χ0n) is 16.5. The van der Waals surface area contributed by atoms with Crippen molar-refractivity contribution in [3.63, 3.8) is 0 Å². The van der Waals surface area contributed by atoms with Gasteiger partial charge in [-0.3, -0.25) is 4.79 Å². The van der Waals surface area contributed by atoms with Crippen molar-refractivity contribution >= 4 is 68.4 Å². The van der Waals surface area contributed by atoms with Gasteiger partial charge in [-0.2, -0.15) is 0 Å². The van der Waals surface area contributed by atoms with E-state index in [1.54, 1.807) is 23.1 Å². The van der Waals surface area contributed by atoms with E-state index in [0.717, 1.165) is 29.3 Å². The molecule has 0 aromatic heterocycles. The first-order valence-corrected chi connectivity index (χ1v) is 11.8. The lowest BCUT2D eigenvalue weighted by atomic mass is 9.91. The molecule has 1 aliphatic rings. The minimum Gasteiger partial charge on any atom is -0.309 e. The van der Waals surface area contributed by atoms with Gasteiger partial charge in [0.25, 0.3) is 5.91 Å². The lowest BCUT2D eigenvalue weighted by Crippen LogP contribution is -2.49. The van der Waals surface area contributed by atoms with Crippen LogP contribution in [0.2, 0.25) is 10.0 Å². The number of halogens is 4. The molecule has 0 N–H and O–H groups in total. The van der Waals surface area contributed by atoms with Gasteiger partial charge >= 0.3 is 6.03 Å². The Balaban J connectivity index is 1.96. The van der Waals surface area contributed by atoms with Gasteiger partial charge in [0, 0.05) is 33.4 Å². The summed E-state index contributed by atoms with van der Waals surface area (Å²) in [7, 11) is 0. The van der Waals surface area contributed by atoms with Crippen LogP contribution in [0.4, 0.5) is 10.5 Å². The highest BCUT2D eigenvalue weighted by molar-refractivity contribution is 9.10. The Bertz CT molecular complexity index is 918. The molecule has 2 aromatic rings. The van der Waals surface area contributed by atoms with E-state index in [0.29, 0.717) is 34.6 Å². The van der Waals surface area contributed by atoms with Crippen molar-refractivity contribution in [1.29, 1.82) is 0 Å². The van der Waals surface area contributed by atoms with Crippen LogP contribution in [0.3, 0.4) is 0 Å². The van der Waals surface area contributed by atoms with E-state index in [9.17, 15) is 9.59 Å². The Kier molecular flexibility index (Phi) is 7.72. The van der Waals surface area contributed by atoms with E-state index < -0.39 is 5.54 Å². The van der Waals surface area contributed by atoms with E-state index in [2.05, 4.69) is 15.9 Å². The van der Waals surface area contributed by atoms with Gasteiger partial charge in [0.2, 0.25) is 0 Å². The second-order valence-corrected chi connectivity index (χ2v) is 9.70. The van der Waals surface area contributed by atoms with Crippen molar-refractivity contribution in [2.75, 3.05) is 17.3 Å². The predicted molar refractivity (Wildman–Crippen MR) is 127 cm³/mol. The van der Waals surface area contributed by atoms with Crippen LogP contribution in [0.25, 0.3) is 0 Å². The molecule has 0 aliphatic carbocycles. The van der Waals surface area contributed by atoms with Crippen LogP contribution >= 0.6 is 50.7 Å². The minimum atomic E-state index is -1.01. The van der Waals surface area contributed by atoms with Crippen LogP contribution < -0.4 is 4.90 Å². The number of amides is 3. The Morgan fingerprint density at radius 2 is 1.60 bits per heavy atom. The highest BCUT2D eigenvalue weighted by Gasteiger charge is 2.54. The standard InChI is InChI=1S/C22H22BrCl3N2O2/c1-22(14-15-5-7-16(23)8-6-15)20(29)28(19-12-17(25)11-18(26)13-19)21(30)27(22)10-4-2-3-9-24/h5-8,11-13H,2-4,9-10,14H2,1H3/t22-/m1/s1. The molecular weight excluding hydrogens is 511 g/mol. The molecule has 0 saturated carbocycles. The number of benzene rings is 2. The molecular formula is C22H22BrCl3N2O2. The molecule has 1 heterocycles. The average molecular weight is 533 g/mol. The molecule has 3 rings (SSSR count). The Labute approximate surface area is 200 Å². The number of alkyl halides is 1. The molecule has 0 spiro atoms. The number of carbonyl (C=O) groups excluding carboxylic acids is 2. The number of carbonyl (C=O) groups is 2. The molecule has 1 saturated heterocycles. The van der Waals surface area contributed by atoms with Crippen LogP contribution in [0.1, 0.15) is 31.7 Å². The summed E-state index contributed by atoms with van der Waals surface area (Å²) in [6.45, 7) is 2.29. The molecule has 2 aromatic carbocycles. The fourth-order valence-electron chi connectivity index (χ4n) is 3.73. The summed E-state index contributed by atoms with van der Waals surface area (Å²) >= 11 is 21.5. The SMILES string of the molecule is C[C@@]1(Cc2ccc(Br)cc2)C(=O)N(c2cc(Cl)cc(Cl)c2)C(=O)N1CCCCCCl. The number of anilines is 1. The van der Waals surface area contributed by atoms with Gasteiger partial charge in [0.05, 0.1) is 5.69 Å². The van der Waals surface area contributed by atoms with Crippen molar-refractivity contribution in [2.24, 2.45) is 0 Å². The van der Waals surface area contributed by atoms with Crippen molar-refractivity contribution in [3.8, 4) is 0 Å². The maximum Gasteiger partial charge on any atom is 0.332 e. The zero-order chi connectivity index (χ0) is 21.9. The molecule has 0 bridgehead atoms. The summed E-state index contributed by atoms with van der Waals surface area (Å²) in [4.78, 5) is 29.8. The van der Waals surface area contributed by atoms with E-state index in [1.165, 1.54) is 4.90 Å². The third-order valence-corrected chi connectivity index (χ3v) is 6.50. The monoisotopic (exact) mass is 530 g/mol. The lowest BCUT2D eigenvalue weighted by Gasteiger charge is -2.32. The maximum atomic E-state index is 13.6. The van der Waals surface area contributed by atoms with Crippen molar-refractivity contribution < 1.29 is 9.59 Å². The molecule has 8 heteroatoms. The van der Waals surface area contributed by atoms with Crippen molar-refractivity contribution in [2.45, 2.75) is 38.1 Å². The molecule has 1 fully saturated rings. The topological polar surface area (TPSA) is 40.6 Å². The van der Waals surface area contributed by atoms with Crippen LogP contribution in [0, 0.1) is 0 Å². The van der Waals surface area contributed by atoms with Crippen LogP contribution in [0.15, 0.2) is 46.9 Å². The molecule has 1 aliphatic heterocycles. The summed E-state index contributed by atoms with van der Waals surface area (Å²) in [5.41, 5.74) is 0.340. The second-order valence-electron chi connectivity index (χ2n) is 7.53. The van der Waals surface area contributed by atoms with Crippen LogP contribution in [-0.4, -0.2) is 34.8 Å². The van der Waals surface area contributed by atoms with Gasteiger partial charge in [0.15, 0.2) is 0 Å². The number of unbranched alkanes of at least 4 members (excludes halogenated alkanes) is 2. The average Bonchev–Trinajstić information content (AvgIpc) is 2.86. The zero-order valence-corrected chi connectivity index (χ0v) is 20.4. The fourth-order valence-corrected chi connectivity index (χ4v) is 4.69. The van der Waals surface area contributed by atoms with E-state index in [4.69, 9.17) is 34.8 Å². The first-order valence-electron chi connectivity index (χ1n) is 9.69. The lowest BCUT2D eigenvalue weighted by molar-refractivity contribution is -0.124. The van der Waals surface area contributed by atoms with Gasteiger partial charge in [-0.15, -0.1) is 11.6 Å². The number of hydrogen-bond acceptors (Lipinski definition) is 2. The second kappa shape index (κ2) is 9.90. The summed E-state index contributed by atoms with van der Waals surface area (Å²) in [6.07, 6.45) is 2.93. The third kappa shape index (κ3) is 4.96. The maximum absolute atomic E-state index is 13.6. The number of hydrogen-bond donors (Lipinski definition) is 0. The summed E-state index contributed by atoms with van der Waals surface area (Å²) in [5, 5.41) is 0.738. The highest BCUT2D eigenvalue weighted by atomic mass is 79.9. The minimum absolute atomic E-state index is 0.286. The van der Waals surface area contributed by atoms with Crippen LogP contribution in [0.5, 0.6) is 0 Å². The predicted octanol–water partition coefficient (Wildman–Crippen LogP) is 6.94. The molecule has 4 nitrogen and oxygen atoms in total. The van der Waals surface area contributed by atoms with Crippen LogP contribution in [-0.2, 0) is 11.2 Å². The normalized spacial score (nSPS) is 19.1. The first kappa shape index (κ1) is 23.4. The highest BCUT2D eigenvalue weighted by Crippen LogP contribution is 2.37. The van der Waals surface area contributed by atoms with Gasteiger partial charge < -0.3 is 4.90 Å². The summed E-state index contributed by atoms with van der Waals surface area (Å²) < 4.78 is 0.957. The van der Waals surface area contributed by atoms with Gasteiger partial charge in [-0.25, -0.2) is 9.69 Å². The molecule has 0 unspecified atom stereocenters. The van der Waals surface area contributed by atoms with E-state index >= 15 is 0 Å². The Morgan fingerprint density at radius 3 is 2.20 bits per heavy atom. The molecule has 1 atom stereocenters. The summed E-state index contributed by atoms with van der Waals surface area (Å²) in [5.74, 6) is 0.294. The van der Waals surface area contributed by atoms with Gasteiger partial charge in [0.1, 0.15) is 5.54 Å². The van der Waals surface area contributed by atoms with Crippen molar-refractivity contribution in [3.05, 3.63) is 62.5 Å². The quantitative estimate of drug-likeness (QED) is 0.210. The first-order chi connectivity index (χ1) is 14.3. The van der Waals surface area contributed by atoms with Gasteiger partial charge in [-0.1, -0.05) is 57.7 Å². The number of rotatable bonds is 8. The Morgan fingerprint density at radius 1 is 0.967 bits per heavy atom. The number of nitrogens with zero attached hydrogens (tertiary/aromatic N) is 2. The number of imide groups is 1. The van der Waals surface area contributed by atoms with Crippen molar-refractivity contribution in [1.82, 2.24) is 4.90 Å². The molecule has 160 valence electrons. The van der Waals surface area contributed by atoms with E-state index in [1.807, 2.05) is 31.2 Å².